The first-order chi connectivity index (χ1) is 5.75. The lowest BCUT2D eigenvalue weighted by Crippen LogP contribution is -2.42. The maximum atomic E-state index is 9.50. The first-order valence-corrected chi connectivity index (χ1v) is 5.12. The van der Waals surface area contributed by atoms with Crippen LogP contribution in [-0.2, 0) is 0 Å². The van der Waals surface area contributed by atoms with Gasteiger partial charge in [0.1, 0.15) is 0 Å². The van der Waals surface area contributed by atoms with Gasteiger partial charge in [-0.1, -0.05) is 0 Å². The zero-order valence-corrected chi connectivity index (χ0v) is 7.87. The molecule has 1 N–H and O–H groups in total. The average molecular weight is 169 g/mol. The van der Waals surface area contributed by atoms with Crippen LogP contribution >= 0.6 is 0 Å². The number of aliphatic hydroxyl groups is 1. The van der Waals surface area contributed by atoms with Gasteiger partial charge in [-0.05, 0) is 51.1 Å². The minimum atomic E-state index is 0.00894. The van der Waals surface area contributed by atoms with Crippen LogP contribution < -0.4 is 0 Å². The zero-order valence-electron chi connectivity index (χ0n) is 7.87. The van der Waals surface area contributed by atoms with Crippen molar-refractivity contribution in [3.05, 3.63) is 0 Å². The molecule has 2 rings (SSSR count). The first-order valence-electron chi connectivity index (χ1n) is 5.12. The van der Waals surface area contributed by atoms with Gasteiger partial charge in [-0.2, -0.15) is 0 Å². The molecule has 0 aromatic rings. The molecule has 0 aromatic heterocycles. The molecular weight excluding hydrogens is 150 g/mol. The summed E-state index contributed by atoms with van der Waals surface area (Å²) in [7, 11) is 2.21. The molecule has 70 valence electrons. The second kappa shape index (κ2) is 3.35. The van der Waals surface area contributed by atoms with E-state index in [1.54, 1.807) is 0 Å². The van der Waals surface area contributed by atoms with Crippen LogP contribution in [-0.4, -0.2) is 36.2 Å². The Labute approximate surface area is 74.6 Å². The van der Waals surface area contributed by atoms with Crippen molar-refractivity contribution < 1.29 is 5.11 Å². The van der Waals surface area contributed by atoms with Crippen LogP contribution in [0.5, 0.6) is 0 Å². The Morgan fingerprint density at radius 3 is 2.83 bits per heavy atom. The van der Waals surface area contributed by atoms with Crippen LogP contribution in [0.1, 0.15) is 25.7 Å². The molecule has 2 heteroatoms. The van der Waals surface area contributed by atoms with Gasteiger partial charge in [0.05, 0.1) is 6.10 Å². The van der Waals surface area contributed by atoms with Crippen LogP contribution in [0.25, 0.3) is 0 Å². The summed E-state index contributed by atoms with van der Waals surface area (Å²) in [5, 5.41) is 9.50. The molecule has 0 amide bonds. The van der Waals surface area contributed by atoms with Crippen molar-refractivity contribution in [2.45, 2.75) is 31.8 Å². The van der Waals surface area contributed by atoms with Crippen molar-refractivity contribution in [3.63, 3.8) is 0 Å². The standard InChI is InChI=1S/C10H19NO/c1-11-5-4-8-6-10(12)3-2-9(8)7-11/h8-10,12H,2-7H2,1H3/t8-,9-,10?/m1/s1. The number of nitrogens with zero attached hydrogens (tertiary/aromatic N) is 1. The van der Waals surface area contributed by atoms with Gasteiger partial charge in [-0.3, -0.25) is 0 Å². The van der Waals surface area contributed by atoms with Crippen LogP contribution in [0.15, 0.2) is 0 Å². The Morgan fingerprint density at radius 2 is 2.00 bits per heavy atom. The van der Waals surface area contributed by atoms with E-state index in [9.17, 15) is 5.11 Å². The van der Waals surface area contributed by atoms with Crippen molar-refractivity contribution in [1.29, 1.82) is 0 Å². The monoisotopic (exact) mass is 169 g/mol. The largest absolute Gasteiger partial charge is 0.393 e. The Morgan fingerprint density at radius 1 is 1.17 bits per heavy atom. The maximum absolute atomic E-state index is 9.50. The third kappa shape index (κ3) is 1.64. The Hall–Kier alpha value is -0.0800. The normalized spacial score (nSPS) is 44.0. The van der Waals surface area contributed by atoms with Gasteiger partial charge in [0.25, 0.3) is 0 Å². The Balaban J connectivity index is 1.94. The molecule has 1 heterocycles. The van der Waals surface area contributed by atoms with Crippen LogP contribution in [0.4, 0.5) is 0 Å². The van der Waals surface area contributed by atoms with Gasteiger partial charge in [-0.15, -0.1) is 0 Å². The van der Waals surface area contributed by atoms with Crippen molar-refractivity contribution in [1.82, 2.24) is 4.90 Å². The molecule has 0 radical (unpaired) electrons. The van der Waals surface area contributed by atoms with E-state index in [-0.39, 0.29) is 6.10 Å². The lowest BCUT2D eigenvalue weighted by atomic mass is 9.74. The molecule has 2 nitrogen and oxygen atoms in total. The predicted molar refractivity (Wildman–Crippen MR) is 49.0 cm³/mol. The summed E-state index contributed by atoms with van der Waals surface area (Å²) in [6, 6.07) is 0. The lowest BCUT2D eigenvalue weighted by molar-refractivity contribution is 0.0275. The maximum Gasteiger partial charge on any atom is 0.0543 e. The first kappa shape index (κ1) is 8.52. The molecule has 1 saturated carbocycles. The third-order valence-electron chi connectivity index (χ3n) is 3.54. The van der Waals surface area contributed by atoms with Crippen molar-refractivity contribution in [3.8, 4) is 0 Å². The number of fused-ring (bicyclic) bond motifs is 1. The summed E-state index contributed by atoms with van der Waals surface area (Å²) in [4.78, 5) is 2.43. The zero-order chi connectivity index (χ0) is 8.55. The SMILES string of the molecule is CN1CC[C@@H]2CC(O)CC[C@@H]2C1. The van der Waals surface area contributed by atoms with Gasteiger partial charge in [0.15, 0.2) is 0 Å². The highest BCUT2D eigenvalue weighted by Gasteiger charge is 2.32. The van der Waals surface area contributed by atoms with Gasteiger partial charge < -0.3 is 10.0 Å². The molecule has 2 fully saturated rings. The summed E-state index contributed by atoms with van der Waals surface area (Å²) in [6.07, 6.45) is 4.66. The van der Waals surface area contributed by atoms with E-state index >= 15 is 0 Å². The highest BCUT2D eigenvalue weighted by Crippen LogP contribution is 2.35. The third-order valence-corrected chi connectivity index (χ3v) is 3.54. The summed E-state index contributed by atoms with van der Waals surface area (Å²) in [5.74, 6) is 1.71. The van der Waals surface area contributed by atoms with Gasteiger partial charge in [0, 0.05) is 6.54 Å². The summed E-state index contributed by atoms with van der Waals surface area (Å²) in [5.41, 5.74) is 0. The molecule has 0 spiro atoms. The van der Waals surface area contributed by atoms with Crippen LogP contribution in [0.2, 0.25) is 0 Å². The molecule has 3 atom stereocenters. The number of piperidine rings is 1. The molecule has 1 saturated heterocycles. The van der Waals surface area contributed by atoms with Gasteiger partial charge in [-0.25, -0.2) is 0 Å². The molecule has 1 unspecified atom stereocenters. The van der Waals surface area contributed by atoms with Crippen LogP contribution in [0, 0.1) is 11.8 Å². The smallest absolute Gasteiger partial charge is 0.0543 e. The quantitative estimate of drug-likeness (QED) is 0.587. The topological polar surface area (TPSA) is 23.5 Å². The molecule has 1 aliphatic heterocycles. The van der Waals surface area contributed by atoms with E-state index in [1.807, 2.05) is 0 Å². The minimum Gasteiger partial charge on any atom is -0.393 e. The Bertz CT molecular complexity index is 142. The molecule has 2 aliphatic rings. The van der Waals surface area contributed by atoms with Crippen molar-refractivity contribution >= 4 is 0 Å². The van der Waals surface area contributed by atoms with E-state index in [1.165, 1.54) is 25.9 Å². The fraction of sp³-hybridized carbons (Fsp3) is 1.00. The van der Waals surface area contributed by atoms with Gasteiger partial charge in [0.2, 0.25) is 0 Å². The molecule has 0 aromatic carbocycles. The molecule has 1 aliphatic carbocycles. The van der Waals surface area contributed by atoms with Crippen molar-refractivity contribution in [2.75, 3.05) is 20.1 Å². The molecular formula is C10H19NO. The van der Waals surface area contributed by atoms with Gasteiger partial charge >= 0.3 is 0 Å². The van der Waals surface area contributed by atoms with Crippen LogP contribution in [0.3, 0.4) is 0 Å². The van der Waals surface area contributed by atoms with E-state index in [2.05, 4.69) is 11.9 Å². The second-order valence-electron chi connectivity index (χ2n) is 4.54. The minimum absolute atomic E-state index is 0.00894. The highest BCUT2D eigenvalue weighted by molar-refractivity contribution is 4.85. The number of rotatable bonds is 0. The van der Waals surface area contributed by atoms with Crippen molar-refractivity contribution in [2.24, 2.45) is 11.8 Å². The van der Waals surface area contributed by atoms with E-state index in [0.29, 0.717) is 0 Å². The summed E-state index contributed by atoms with van der Waals surface area (Å²) in [6.45, 7) is 2.49. The van der Waals surface area contributed by atoms with E-state index in [0.717, 1.165) is 24.7 Å². The average Bonchev–Trinajstić information content (AvgIpc) is 2.05. The number of likely N-dealkylation sites (tertiary alicyclic amines) is 1. The Kier molecular flexibility index (Phi) is 2.37. The molecule has 0 bridgehead atoms. The summed E-state index contributed by atoms with van der Waals surface area (Å²) >= 11 is 0. The molecule has 12 heavy (non-hydrogen) atoms. The summed E-state index contributed by atoms with van der Waals surface area (Å²) < 4.78 is 0. The van der Waals surface area contributed by atoms with E-state index < -0.39 is 0 Å². The predicted octanol–water partition coefficient (Wildman–Crippen LogP) is 1.10. The number of aliphatic hydroxyl groups excluding tert-OH is 1. The lowest BCUT2D eigenvalue weighted by Gasteiger charge is -2.41. The van der Waals surface area contributed by atoms with E-state index in [4.69, 9.17) is 0 Å². The number of hydrogen-bond acceptors (Lipinski definition) is 2. The second-order valence-corrected chi connectivity index (χ2v) is 4.54. The fourth-order valence-corrected chi connectivity index (χ4v) is 2.77. The fourth-order valence-electron chi connectivity index (χ4n) is 2.77. The highest BCUT2D eigenvalue weighted by atomic mass is 16.3. The number of hydrogen-bond donors (Lipinski definition) is 1.